The highest BCUT2D eigenvalue weighted by atomic mass is 19.1. The third-order valence-electron chi connectivity index (χ3n) is 2.58. The molecule has 0 aliphatic rings. The van der Waals surface area contributed by atoms with E-state index in [1.165, 1.54) is 18.2 Å². The Morgan fingerprint density at radius 1 is 0.955 bits per heavy atom. The Hall–Kier alpha value is -2.03. The summed E-state index contributed by atoms with van der Waals surface area (Å²) >= 11 is 0. The van der Waals surface area contributed by atoms with Crippen molar-refractivity contribution in [3.05, 3.63) is 41.7 Å². The maximum atomic E-state index is 13.6. The van der Waals surface area contributed by atoms with Gasteiger partial charge in [-0.1, -0.05) is 54.2 Å². The molecule has 0 heterocycles. The van der Waals surface area contributed by atoms with Crippen LogP contribution in [0.4, 0.5) is 4.39 Å². The van der Waals surface area contributed by atoms with Crippen LogP contribution in [0.1, 0.15) is 52.7 Å². The van der Waals surface area contributed by atoms with Gasteiger partial charge in [0.05, 0.1) is 0 Å². The molecule has 0 bridgehead atoms. The number of benzene rings is 2. The van der Waals surface area contributed by atoms with Crippen molar-refractivity contribution in [1.82, 2.24) is 0 Å². The molecule has 0 fully saturated rings. The van der Waals surface area contributed by atoms with Crippen molar-refractivity contribution in [3.8, 4) is 11.5 Å². The molecule has 3 heteroatoms. The van der Waals surface area contributed by atoms with Crippen molar-refractivity contribution in [1.29, 1.82) is 0 Å². The van der Waals surface area contributed by atoms with Crippen LogP contribution in [-0.2, 0) is 0 Å². The van der Waals surface area contributed by atoms with Crippen molar-refractivity contribution in [2.75, 3.05) is 0 Å². The van der Waals surface area contributed by atoms with Gasteiger partial charge in [0, 0.05) is 5.56 Å². The molecule has 2 rings (SSSR count). The Balaban J connectivity index is 0. The maximum Gasteiger partial charge on any atom is 0.172 e. The van der Waals surface area contributed by atoms with Gasteiger partial charge in [-0.05, 0) is 41.5 Å². The van der Waals surface area contributed by atoms with Gasteiger partial charge in [-0.25, -0.2) is 4.39 Å². The second-order valence-electron chi connectivity index (χ2n) is 3.69. The molecule has 124 valence electrons. The van der Waals surface area contributed by atoms with Gasteiger partial charge >= 0.3 is 0 Å². The maximum absolute atomic E-state index is 13.6. The van der Waals surface area contributed by atoms with Crippen LogP contribution in [0.2, 0.25) is 0 Å². The normalized spacial score (nSPS) is 8.55. The van der Waals surface area contributed by atoms with Gasteiger partial charge in [-0.15, -0.1) is 0 Å². The fourth-order valence-electron chi connectivity index (χ4n) is 1.93. The number of hydrogen-bond donors (Lipinski definition) is 2. The van der Waals surface area contributed by atoms with Crippen molar-refractivity contribution in [2.45, 2.75) is 48.5 Å². The van der Waals surface area contributed by atoms with E-state index in [-0.39, 0.29) is 11.3 Å². The van der Waals surface area contributed by atoms with Gasteiger partial charge in [0.15, 0.2) is 11.6 Å². The van der Waals surface area contributed by atoms with Crippen LogP contribution in [0.5, 0.6) is 11.5 Å². The van der Waals surface area contributed by atoms with E-state index < -0.39 is 11.6 Å². The fourth-order valence-corrected chi connectivity index (χ4v) is 1.93. The van der Waals surface area contributed by atoms with Gasteiger partial charge in [0.1, 0.15) is 5.75 Å². The average molecular weight is 308 g/mol. The first-order valence-electron chi connectivity index (χ1n) is 7.82. The van der Waals surface area contributed by atoms with E-state index in [2.05, 4.69) is 6.58 Å². The van der Waals surface area contributed by atoms with Crippen molar-refractivity contribution < 1.29 is 14.6 Å². The van der Waals surface area contributed by atoms with Gasteiger partial charge in [-0.2, -0.15) is 0 Å². The summed E-state index contributed by atoms with van der Waals surface area (Å²) < 4.78 is 13.6. The summed E-state index contributed by atoms with van der Waals surface area (Å²) in [7, 11) is 0. The van der Waals surface area contributed by atoms with Crippen molar-refractivity contribution in [2.24, 2.45) is 0 Å². The van der Waals surface area contributed by atoms with Crippen LogP contribution >= 0.6 is 0 Å². The number of halogens is 1. The minimum Gasteiger partial charge on any atom is -0.508 e. The highest BCUT2D eigenvalue weighted by Gasteiger charge is 2.12. The molecule has 0 aromatic heterocycles. The first kappa shape index (κ1) is 22.3. The molecule has 0 saturated heterocycles. The highest BCUT2D eigenvalue weighted by molar-refractivity contribution is 5.95. The molecule has 0 spiro atoms. The van der Waals surface area contributed by atoms with Gasteiger partial charge in [0.2, 0.25) is 0 Å². The zero-order valence-corrected chi connectivity index (χ0v) is 14.8. The van der Waals surface area contributed by atoms with Crippen molar-refractivity contribution >= 4 is 16.8 Å². The summed E-state index contributed by atoms with van der Waals surface area (Å²) in [5, 5.41) is 20.1. The lowest BCUT2D eigenvalue weighted by molar-refractivity contribution is 0.433. The van der Waals surface area contributed by atoms with E-state index >= 15 is 0 Å². The Morgan fingerprint density at radius 2 is 1.45 bits per heavy atom. The Morgan fingerprint density at radius 3 is 1.91 bits per heavy atom. The first-order valence-corrected chi connectivity index (χ1v) is 7.82. The van der Waals surface area contributed by atoms with Crippen LogP contribution in [-0.4, -0.2) is 10.2 Å². The van der Waals surface area contributed by atoms with Crippen LogP contribution in [0, 0.1) is 12.7 Å². The van der Waals surface area contributed by atoms with Gasteiger partial charge < -0.3 is 10.2 Å². The molecule has 0 radical (unpaired) electrons. The molecule has 2 nitrogen and oxygen atoms in total. The van der Waals surface area contributed by atoms with E-state index in [4.69, 9.17) is 0 Å². The number of fused-ring (bicyclic) bond motifs is 1. The predicted octanol–water partition coefficient (Wildman–Crippen LogP) is 6.42. The molecule has 0 atom stereocenters. The largest absolute Gasteiger partial charge is 0.508 e. The summed E-state index contributed by atoms with van der Waals surface area (Å²) in [5.41, 5.74) is 0.997. The molecular weight excluding hydrogens is 279 g/mol. The van der Waals surface area contributed by atoms with E-state index in [0.717, 1.165) is 5.56 Å². The lowest BCUT2D eigenvalue weighted by atomic mass is 9.98. The minimum absolute atomic E-state index is 0.0889. The molecule has 0 aliphatic carbocycles. The fraction of sp³-hybridized carbons (Fsp3) is 0.368. The van der Waals surface area contributed by atoms with Gasteiger partial charge in [0.25, 0.3) is 0 Å². The molecule has 22 heavy (non-hydrogen) atoms. The third kappa shape index (κ3) is 5.06. The summed E-state index contributed by atoms with van der Waals surface area (Å²) in [4.78, 5) is 0. The van der Waals surface area contributed by atoms with Crippen LogP contribution in [0.25, 0.3) is 16.8 Å². The quantitative estimate of drug-likeness (QED) is 0.638. The van der Waals surface area contributed by atoms with E-state index in [1.807, 2.05) is 41.5 Å². The molecule has 0 unspecified atom stereocenters. The lowest BCUT2D eigenvalue weighted by Gasteiger charge is -2.09. The Bertz CT molecular complexity index is 590. The Labute approximate surface area is 133 Å². The topological polar surface area (TPSA) is 40.5 Å². The minimum atomic E-state index is -0.684. The monoisotopic (exact) mass is 308 g/mol. The molecule has 0 amide bonds. The molecule has 2 aromatic carbocycles. The predicted molar refractivity (Wildman–Crippen MR) is 96.1 cm³/mol. The summed E-state index contributed by atoms with van der Waals surface area (Å²) in [6.07, 6.45) is 1.36. The standard InChI is InChI=1S/C13H11FO2.3C2H6/c1-3-10-12-7(2)4-9(15)5-8(12)6-11(16)13(10)14;3*1-2/h3-6,15-16H,1H2,2H3;3*1-2H3. The second kappa shape index (κ2) is 11.6. The number of aromatic hydroxyl groups is 2. The Kier molecular flexibility index (Phi) is 11.7. The van der Waals surface area contributed by atoms with Crippen LogP contribution in [0.3, 0.4) is 0 Å². The van der Waals surface area contributed by atoms with Gasteiger partial charge in [-0.3, -0.25) is 0 Å². The summed E-state index contributed by atoms with van der Waals surface area (Å²) in [6.45, 7) is 17.3. The van der Waals surface area contributed by atoms with Crippen LogP contribution in [0.15, 0.2) is 24.8 Å². The zero-order valence-electron chi connectivity index (χ0n) is 14.8. The molecule has 2 aromatic rings. The number of hydrogen-bond acceptors (Lipinski definition) is 2. The van der Waals surface area contributed by atoms with E-state index in [1.54, 1.807) is 13.0 Å². The highest BCUT2D eigenvalue weighted by Crippen LogP contribution is 2.34. The SMILES string of the molecule is C=Cc1c(F)c(O)cc2cc(O)cc(C)c12.CC.CC.CC. The molecular formula is C19H29FO2. The average Bonchev–Trinajstić information content (AvgIpc) is 2.55. The molecule has 0 aliphatic heterocycles. The van der Waals surface area contributed by atoms with Crippen LogP contribution < -0.4 is 0 Å². The second-order valence-corrected chi connectivity index (χ2v) is 3.69. The van der Waals surface area contributed by atoms with E-state index in [9.17, 15) is 14.6 Å². The van der Waals surface area contributed by atoms with Crippen molar-refractivity contribution in [3.63, 3.8) is 0 Å². The smallest absolute Gasteiger partial charge is 0.172 e. The lowest BCUT2D eigenvalue weighted by Crippen LogP contribution is -1.89. The van der Waals surface area contributed by atoms with E-state index in [0.29, 0.717) is 10.8 Å². The number of rotatable bonds is 1. The third-order valence-corrected chi connectivity index (χ3v) is 2.58. The molecule has 0 saturated carbocycles. The number of phenols is 2. The molecule has 2 N–H and O–H groups in total. The summed E-state index contributed by atoms with van der Waals surface area (Å²) in [6, 6.07) is 4.32. The zero-order chi connectivity index (χ0) is 17.9. The first-order chi connectivity index (χ1) is 10.5. The summed E-state index contributed by atoms with van der Waals surface area (Å²) in [5.74, 6) is -1.03. The number of aryl methyl sites for hydroxylation is 1. The number of phenolic OH excluding ortho intramolecular Hbond substituents is 2.